The van der Waals surface area contributed by atoms with Crippen LogP contribution >= 0.6 is 11.3 Å². The van der Waals surface area contributed by atoms with Crippen LogP contribution in [0.5, 0.6) is 0 Å². The number of anilines is 2. The predicted molar refractivity (Wildman–Crippen MR) is 198 cm³/mol. The minimum absolute atomic E-state index is 0.350. The fourth-order valence-corrected chi connectivity index (χ4v) is 7.87. The summed E-state index contributed by atoms with van der Waals surface area (Å²) >= 11 is 1.61. The van der Waals surface area contributed by atoms with Gasteiger partial charge in [-0.3, -0.25) is 14.5 Å². The normalized spacial score (nSPS) is 14.9. The van der Waals surface area contributed by atoms with E-state index < -0.39 is 0 Å². The van der Waals surface area contributed by atoms with Gasteiger partial charge in [0.15, 0.2) is 0 Å². The number of benzene rings is 5. The summed E-state index contributed by atoms with van der Waals surface area (Å²) in [5.74, 6) is -0.700. The first-order valence-corrected chi connectivity index (χ1v) is 17.5. The summed E-state index contributed by atoms with van der Waals surface area (Å²) < 4.78 is 8.41. The van der Waals surface area contributed by atoms with Crippen molar-refractivity contribution in [1.82, 2.24) is 19.7 Å². The third-order valence-corrected chi connectivity index (χ3v) is 10.5. The highest BCUT2D eigenvalue weighted by atomic mass is 32.1. The van der Waals surface area contributed by atoms with Crippen LogP contribution < -0.4 is 10.2 Å². The minimum Gasteiger partial charge on any atom is -0.383 e. The minimum atomic E-state index is -0.350. The lowest BCUT2D eigenvalue weighted by atomic mass is 9.92. The number of nitrogens with one attached hydrogen (secondary N) is 1. The number of nitrogens with zero attached hydrogens (tertiary/aromatic N) is 5. The number of thiazole rings is 1. The van der Waals surface area contributed by atoms with Crippen LogP contribution in [-0.2, 0) is 4.74 Å². The molecule has 4 heterocycles. The maximum absolute atomic E-state index is 14.2. The molecule has 2 amide bonds. The average molecular weight is 677 g/mol. The Balaban J connectivity index is 1.07. The molecule has 0 bridgehead atoms. The molecule has 9 nitrogen and oxygen atoms in total. The maximum atomic E-state index is 14.2. The first-order chi connectivity index (χ1) is 24.6. The predicted octanol–water partition coefficient (Wildman–Crippen LogP) is 7.51. The lowest BCUT2D eigenvalue weighted by Gasteiger charge is -2.29. The SMILES string of the molecule is O=C1c2cccc3c(NCCN4CCOCC4)ccc(c23)C(=O)N1c1cccc(-c2nn(-c3ccccc3)cc2-c2nc3ccccc3s2)c1. The monoisotopic (exact) mass is 676 g/mol. The van der Waals surface area contributed by atoms with E-state index in [1.165, 1.54) is 4.90 Å². The summed E-state index contributed by atoms with van der Waals surface area (Å²) in [7, 11) is 0. The number of fused-ring (bicyclic) bond motifs is 1. The summed E-state index contributed by atoms with van der Waals surface area (Å²) in [6.45, 7) is 4.99. The molecule has 0 unspecified atom stereocenters. The molecular formula is C40H32N6O3S. The fraction of sp³-hybridized carbons (Fsp3) is 0.150. The van der Waals surface area contributed by atoms with Crippen molar-refractivity contribution in [2.45, 2.75) is 0 Å². The molecule has 1 N–H and O–H groups in total. The zero-order valence-corrected chi connectivity index (χ0v) is 27.9. The Hall–Kier alpha value is -5.68. The van der Waals surface area contributed by atoms with Crippen molar-refractivity contribution >= 4 is 55.5 Å². The molecule has 0 spiro atoms. The molecule has 5 aromatic carbocycles. The van der Waals surface area contributed by atoms with Crippen LogP contribution in [0.25, 0.3) is 48.5 Å². The second kappa shape index (κ2) is 12.6. The Morgan fingerprint density at radius 2 is 1.52 bits per heavy atom. The molecule has 2 aliphatic heterocycles. The molecule has 246 valence electrons. The Labute approximate surface area is 292 Å². The maximum Gasteiger partial charge on any atom is 0.265 e. The Bertz CT molecular complexity index is 2360. The standard InChI is InChI=1S/C40H32N6O3S/c47-39-30-13-7-12-29-33(41-18-19-44-20-22-49-23-21-44)17-16-31(36(29)30)40(48)46(39)28-11-6-8-26(24-28)37-32(25-45(43-37)27-9-2-1-3-10-27)38-42-34-14-4-5-15-35(34)50-38/h1-17,24-25,41H,18-23H2. The van der Waals surface area contributed by atoms with Crippen molar-refractivity contribution in [3.05, 3.63) is 127 Å². The topological polar surface area (TPSA) is 92.6 Å². The van der Waals surface area contributed by atoms with Gasteiger partial charge in [-0.05, 0) is 54.6 Å². The van der Waals surface area contributed by atoms with Gasteiger partial charge in [0.25, 0.3) is 11.8 Å². The number of amides is 2. The molecular weight excluding hydrogens is 645 g/mol. The Morgan fingerprint density at radius 1 is 0.760 bits per heavy atom. The quantitative estimate of drug-likeness (QED) is 0.167. The van der Waals surface area contributed by atoms with Gasteiger partial charge in [0.05, 0.1) is 40.4 Å². The van der Waals surface area contributed by atoms with Crippen LogP contribution in [-0.4, -0.2) is 70.9 Å². The van der Waals surface area contributed by atoms with E-state index in [0.717, 1.165) is 82.5 Å². The molecule has 9 rings (SSSR count). The largest absolute Gasteiger partial charge is 0.383 e. The van der Waals surface area contributed by atoms with E-state index in [9.17, 15) is 9.59 Å². The number of imide groups is 1. The van der Waals surface area contributed by atoms with Crippen molar-refractivity contribution in [3.63, 3.8) is 0 Å². The molecule has 0 atom stereocenters. The van der Waals surface area contributed by atoms with E-state index in [0.29, 0.717) is 27.9 Å². The third kappa shape index (κ3) is 5.34. The summed E-state index contributed by atoms with van der Waals surface area (Å²) in [5.41, 5.74) is 6.59. The van der Waals surface area contributed by atoms with Gasteiger partial charge in [-0.2, -0.15) is 5.10 Å². The molecule has 0 aliphatic carbocycles. The number of hydrogen-bond acceptors (Lipinski definition) is 8. The van der Waals surface area contributed by atoms with Crippen molar-refractivity contribution in [2.75, 3.05) is 49.6 Å². The number of morpholine rings is 1. The molecule has 0 radical (unpaired) electrons. The molecule has 2 aliphatic rings. The fourth-order valence-electron chi connectivity index (χ4n) is 6.89. The number of para-hydroxylation sites is 2. The summed E-state index contributed by atoms with van der Waals surface area (Å²) in [4.78, 5) is 37.0. The first-order valence-electron chi connectivity index (χ1n) is 16.7. The van der Waals surface area contributed by atoms with Crippen LogP contribution in [0, 0.1) is 0 Å². The summed E-state index contributed by atoms with van der Waals surface area (Å²) in [6, 6.07) is 35.0. The van der Waals surface area contributed by atoms with Gasteiger partial charge in [0.2, 0.25) is 0 Å². The average Bonchev–Trinajstić information content (AvgIpc) is 3.81. The molecule has 10 heteroatoms. The number of hydrogen-bond donors (Lipinski definition) is 1. The zero-order valence-electron chi connectivity index (χ0n) is 27.1. The number of aromatic nitrogens is 3. The van der Waals surface area contributed by atoms with E-state index in [1.54, 1.807) is 17.4 Å². The first kappa shape index (κ1) is 30.4. The van der Waals surface area contributed by atoms with Crippen molar-refractivity contribution in [2.24, 2.45) is 0 Å². The van der Waals surface area contributed by atoms with E-state index in [4.69, 9.17) is 14.8 Å². The van der Waals surface area contributed by atoms with E-state index >= 15 is 0 Å². The number of ether oxygens (including phenoxy) is 1. The van der Waals surface area contributed by atoms with Crippen LogP contribution in [0.1, 0.15) is 20.7 Å². The van der Waals surface area contributed by atoms with Gasteiger partial charge in [0.1, 0.15) is 10.7 Å². The molecule has 2 aromatic heterocycles. The highest BCUT2D eigenvalue weighted by Crippen LogP contribution is 2.40. The van der Waals surface area contributed by atoms with Gasteiger partial charge < -0.3 is 10.1 Å². The van der Waals surface area contributed by atoms with E-state index in [-0.39, 0.29) is 11.8 Å². The molecule has 0 saturated carbocycles. The van der Waals surface area contributed by atoms with Crippen LogP contribution in [0.4, 0.5) is 11.4 Å². The number of carbonyl (C=O) groups is 2. The third-order valence-electron chi connectivity index (χ3n) is 9.39. The second-order valence-electron chi connectivity index (χ2n) is 12.4. The Kier molecular flexibility index (Phi) is 7.69. The lowest BCUT2D eigenvalue weighted by Crippen LogP contribution is -2.40. The van der Waals surface area contributed by atoms with Crippen LogP contribution in [0.2, 0.25) is 0 Å². The molecule has 50 heavy (non-hydrogen) atoms. The highest BCUT2D eigenvalue weighted by molar-refractivity contribution is 7.21. The summed E-state index contributed by atoms with van der Waals surface area (Å²) in [5, 5.41) is 11.0. The van der Waals surface area contributed by atoms with Gasteiger partial charge in [0, 0.05) is 65.5 Å². The van der Waals surface area contributed by atoms with Crippen LogP contribution in [0.15, 0.2) is 115 Å². The van der Waals surface area contributed by atoms with Gasteiger partial charge in [-0.1, -0.05) is 54.6 Å². The van der Waals surface area contributed by atoms with E-state index in [2.05, 4.69) is 16.3 Å². The van der Waals surface area contributed by atoms with Crippen molar-refractivity contribution < 1.29 is 14.3 Å². The Morgan fingerprint density at radius 3 is 2.36 bits per heavy atom. The second-order valence-corrected chi connectivity index (χ2v) is 13.5. The van der Waals surface area contributed by atoms with Crippen molar-refractivity contribution in [3.8, 4) is 27.5 Å². The van der Waals surface area contributed by atoms with Gasteiger partial charge in [-0.25, -0.2) is 14.6 Å². The zero-order chi connectivity index (χ0) is 33.6. The van der Waals surface area contributed by atoms with E-state index in [1.807, 2.05) is 108 Å². The highest BCUT2D eigenvalue weighted by Gasteiger charge is 2.35. The smallest absolute Gasteiger partial charge is 0.265 e. The molecule has 1 saturated heterocycles. The van der Waals surface area contributed by atoms with Gasteiger partial charge >= 0.3 is 0 Å². The summed E-state index contributed by atoms with van der Waals surface area (Å²) in [6.07, 6.45) is 2.00. The molecule has 7 aromatic rings. The molecule has 1 fully saturated rings. The number of carbonyl (C=O) groups excluding carboxylic acids is 2. The van der Waals surface area contributed by atoms with Crippen LogP contribution in [0.3, 0.4) is 0 Å². The lowest BCUT2D eigenvalue weighted by molar-refractivity contribution is 0.0398. The van der Waals surface area contributed by atoms with Gasteiger partial charge in [-0.15, -0.1) is 11.3 Å². The van der Waals surface area contributed by atoms with Crippen molar-refractivity contribution in [1.29, 1.82) is 0 Å². The number of rotatable bonds is 8.